The zero-order valence-corrected chi connectivity index (χ0v) is 17.0. The maximum Gasteiger partial charge on any atom is 0.294 e. The quantitative estimate of drug-likeness (QED) is 0.493. The van der Waals surface area contributed by atoms with Crippen LogP contribution in [-0.2, 0) is 9.59 Å². The Morgan fingerprint density at radius 2 is 1.85 bits per heavy atom. The fourth-order valence-corrected chi connectivity index (χ4v) is 3.75. The van der Waals surface area contributed by atoms with E-state index in [2.05, 4.69) is 27.9 Å². The van der Waals surface area contributed by atoms with Gasteiger partial charge in [-0.15, -0.1) is 0 Å². The second kappa shape index (κ2) is 8.24. The summed E-state index contributed by atoms with van der Waals surface area (Å²) in [5, 5.41) is 2.73. The van der Waals surface area contributed by atoms with Crippen LogP contribution in [0.2, 0.25) is 5.02 Å². The van der Waals surface area contributed by atoms with Crippen molar-refractivity contribution in [3.05, 3.63) is 67.6 Å². The molecule has 0 aliphatic carbocycles. The standard InChI is InChI=1S/C18H12ClIN2O3S/c19-12-5-7-13(8-6-12)21-16(23)10-22-17(24)15(26-18(22)25)9-11-3-1-2-4-14(11)20/h1-9H,10H2,(H,21,23)/b15-9-. The third kappa shape index (κ3) is 4.46. The van der Waals surface area contributed by atoms with Gasteiger partial charge in [-0.3, -0.25) is 19.3 Å². The first-order valence-corrected chi connectivity index (χ1v) is 9.76. The minimum atomic E-state index is -0.467. The molecule has 132 valence electrons. The molecule has 0 aromatic heterocycles. The van der Waals surface area contributed by atoms with Crippen LogP contribution in [0.25, 0.3) is 6.08 Å². The van der Waals surface area contributed by atoms with Gasteiger partial charge in [0, 0.05) is 14.3 Å². The number of nitrogens with zero attached hydrogens (tertiary/aromatic N) is 1. The van der Waals surface area contributed by atoms with Crippen molar-refractivity contribution in [2.75, 3.05) is 11.9 Å². The average Bonchev–Trinajstić information content (AvgIpc) is 2.86. The fraction of sp³-hybridized carbons (Fsp3) is 0.0556. The Kier molecular flexibility index (Phi) is 6.00. The molecule has 2 aromatic carbocycles. The number of carbonyl (C=O) groups excluding carboxylic acids is 3. The van der Waals surface area contributed by atoms with E-state index >= 15 is 0 Å². The molecular weight excluding hydrogens is 487 g/mol. The molecule has 1 aliphatic rings. The molecule has 0 unspecified atom stereocenters. The van der Waals surface area contributed by atoms with E-state index in [-0.39, 0.29) is 6.54 Å². The lowest BCUT2D eigenvalue weighted by atomic mass is 10.2. The number of halogens is 2. The molecule has 5 nitrogen and oxygen atoms in total. The van der Waals surface area contributed by atoms with E-state index in [1.807, 2.05) is 24.3 Å². The Morgan fingerprint density at radius 1 is 1.15 bits per heavy atom. The van der Waals surface area contributed by atoms with Gasteiger partial charge in [-0.2, -0.15) is 0 Å². The van der Waals surface area contributed by atoms with E-state index in [0.717, 1.165) is 25.8 Å². The van der Waals surface area contributed by atoms with Gasteiger partial charge < -0.3 is 5.32 Å². The highest BCUT2D eigenvalue weighted by Gasteiger charge is 2.36. The van der Waals surface area contributed by atoms with Crippen LogP contribution in [0.15, 0.2) is 53.4 Å². The van der Waals surface area contributed by atoms with E-state index in [0.29, 0.717) is 15.6 Å². The summed E-state index contributed by atoms with van der Waals surface area (Å²) in [5.41, 5.74) is 1.39. The Labute approximate surface area is 172 Å². The van der Waals surface area contributed by atoms with Gasteiger partial charge >= 0.3 is 0 Å². The molecule has 1 saturated heterocycles. The van der Waals surface area contributed by atoms with E-state index in [9.17, 15) is 14.4 Å². The molecule has 1 aliphatic heterocycles. The number of hydrogen-bond donors (Lipinski definition) is 1. The Balaban J connectivity index is 1.70. The van der Waals surface area contributed by atoms with Crippen LogP contribution in [0.4, 0.5) is 10.5 Å². The summed E-state index contributed by atoms with van der Waals surface area (Å²) < 4.78 is 0.970. The van der Waals surface area contributed by atoms with Crippen LogP contribution in [0.3, 0.4) is 0 Å². The van der Waals surface area contributed by atoms with Gasteiger partial charge in [0.25, 0.3) is 11.1 Å². The van der Waals surface area contributed by atoms with Crippen LogP contribution in [0.1, 0.15) is 5.56 Å². The van der Waals surface area contributed by atoms with E-state index in [1.165, 1.54) is 0 Å². The van der Waals surface area contributed by atoms with Crippen LogP contribution in [0, 0.1) is 3.57 Å². The fourth-order valence-electron chi connectivity index (χ4n) is 2.25. The van der Waals surface area contributed by atoms with Crippen LogP contribution in [-0.4, -0.2) is 28.5 Å². The Morgan fingerprint density at radius 3 is 2.54 bits per heavy atom. The summed E-state index contributed by atoms with van der Waals surface area (Å²) in [4.78, 5) is 38.0. The van der Waals surface area contributed by atoms with Gasteiger partial charge in [-0.1, -0.05) is 29.8 Å². The van der Waals surface area contributed by atoms with Crippen molar-refractivity contribution in [2.24, 2.45) is 0 Å². The maximum atomic E-state index is 12.5. The number of hydrogen-bond acceptors (Lipinski definition) is 4. The summed E-state index contributed by atoms with van der Waals surface area (Å²) in [6.45, 7) is -0.337. The molecule has 0 spiro atoms. The normalized spacial score (nSPS) is 15.6. The van der Waals surface area contributed by atoms with E-state index < -0.39 is 17.1 Å². The average molecular weight is 499 g/mol. The monoisotopic (exact) mass is 498 g/mol. The molecule has 0 bridgehead atoms. The largest absolute Gasteiger partial charge is 0.325 e. The molecule has 0 radical (unpaired) electrons. The molecule has 0 saturated carbocycles. The van der Waals surface area contributed by atoms with Crippen molar-refractivity contribution >= 4 is 74.8 Å². The number of anilines is 1. The number of benzene rings is 2. The second-order valence-corrected chi connectivity index (χ2v) is 7.94. The second-order valence-electron chi connectivity index (χ2n) is 5.34. The minimum absolute atomic E-state index is 0.304. The predicted molar refractivity (Wildman–Crippen MR) is 112 cm³/mol. The summed E-state index contributed by atoms with van der Waals surface area (Å²) in [5.74, 6) is -0.920. The SMILES string of the molecule is O=C(CN1C(=O)S/C(=C\c2ccccc2I)C1=O)Nc1ccc(Cl)cc1. The summed E-state index contributed by atoms with van der Waals surface area (Å²) in [6, 6.07) is 14.1. The van der Waals surface area contributed by atoms with Crippen LogP contribution < -0.4 is 5.32 Å². The molecule has 3 amide bonds. The minimum Gasteiger partial charge on any atom is -0.325 e. The van der Waals surface area contributed by atoms with Gasteiger partial charge in [0.1, 0.15) is 6.54 Å². The lowest BCUT2D eigenvalue weighted by Gasteiger charge is -2.12. The molecule has 2 aromatic rings. The highest BCUT2D eigenvalue weighted by atomic mass is 127. The number of imide groups is 1. The first-order chi connectivity index (χ1) is 12.4. The third-order valence-electron chi connectivity index (χ3n) is 3.50. The van der Waals surface area contributed by atoms with Gasteiger partial charge in [0.15, 0.2) is 0 Å². The Hall–Kier alpha value is -1.84. The maximum absolute atomic E-state index is 12.5. The topological polar surface area (TPSA) is 66.5 Å². The van der Waals surface area contributed by atoms with E-state index in [1.54, 1.807) is 30.3 Å². The van der Waals surface area contributed by atoms with Crippen molar-refractivity contribution in [3.8, 4) is 0 Å². The number of amides is 3. The lowest BCUT2D eigenvalue weighted by molar-refractivity contribution is -0.127. The smallest absolute Gasteiger partial charge is 0.294 e. The number of nitrogens with one attached hydrogen (secondary N) is 1. The van der Waals surface area contributed by atoms with Gasteiger partial charge in [-0.05, 0) is 76.3 Å². The van der Waals surface area contributed by atoms with Gasteiger partial charge in [-0.25, -0.2) is 0 Å². The molecule has 3 rings (SSSR count). The first kappa shape index (κ1) is 18.9. The van der Waals surface area contributed by atoms with Crippen molar-refractivity contribution in [2.45, 2.75) is 0 Å². The van der Waals surface area contributed by atoms with Gasteiger partial charge in [0.2, 0.25) is 5.91 Å². The summed E-state index contributed by atoms with van der Waals surface area (Å²) >= 11 is 8.79. The molecule has 1 fully saturated rings. The predicted octanol–water partition coefficient (Wildman–Crippen LogP) is 4.62. The lowest BCUT2D eigenvalue weighted by Crippen LogP contribution is -2.36. The van der Waals surface area contributed by atoms with Crippen molar-refractivity contribution in [1.82, 2.24) is 4.90 Å². The third-order valence-corrected chi connectivity index (χ3v) is 5.64. The molecule has 26 heavy (non-hydrogen) atoms. The molecule has 0 atom stereocenters. The molecule has 1 heterocycles. The van der Waals surface area contributed by atoms with Crippen molar-refractivity contribution in [3.63, 3.8) is 0 Å². The van der Waals surface area contributed by atoms with Crippen molar-refractivity contribution < 1.29 is 14.4 Å². The zero-order valence-electron chi connectivity index (χ0n) is 13.2. The van der Waals surface area contributed by atoms with Crippen LogP contribution >= 0.6 is 46.0 Å². The summed E-state index contributed by atoms with van der Waals surface area (Å²) in [7, 11) is 0. The zero-order chi connectivity index (χ0) is 18.7. The summed E-state index contributed by atoms with van der Waals surface area (Å²) in [6.07, 6.45) is 1.67. The molecule has 8 heteroatoms. The van der Waals surface area contributed by atoms with Crippen LogP contribution in [0.5, 0.6) is 0 Å². The number of rotatable bonds is 4. The van der Waals surface area contributed by atoms with E-state index in [4.69, 9.17) is 11.6 Å². The van der Waals surface area contributed by atoms with Crippen molar-refractivity contribution in [1.29, 1.82) is 0 Å². The first-order valence-electron chi connectivity index (χ1n) is 7.49. The van der Waals surface area contributed by atoms with Gasteiger partial charge in [0.05, 0.1) is 4.91 Å². The number of carbonyl (C=O) groups is 3. The highest BCUT2D eigenvalue weighted by molar-refractivity contribution is 14.1. The Bertz CT molecular complexity index is 915. The number of thioether (sulfide) groups is 1. The highest BCUT2D eigenvalue weighted by Crippen LogP contribution is 2.32. The molecule has 1 N–H and O–H groups in total. The molecular formula is C18H12ClIN2O3S.